The summed E-state index contributed by atoms with van der Waals surface area (Å²) in [4.78, 5) is 11.4. The molecule has 2 N–H and O–H groups in total. The summed E-state index contributed by atoms with van der Waals surface area (Å²) in [6.45, 7) is 2.81. The highest BCUT2D eigenvalue weighted by Gasteiger charge is 2.08. The zero-order valence-corrected chi connectivity index (χ0v) is 20.8. The van der Waals surface area contributed by atoms with Crippen molar-refractivity contribution in [3.8, 4) is 22.1 Å². The van der Waals surface area contributed by atoms with E-state index in [-0.39, 0.29) is 24.0 Å². The van der Waals surface area contributed by atoms with Crippen LogP contribution in [0.4, 0.5) is 5.69 Å². The molecule has 2 heterocycles. The third kappa shape index (κ3) is 6.31. The number of aryl methyl sites for hydroxylation is 1. The Labute approximate surface area is 196 Å². The van der Waals surface area contributed by atoms with Gasteiger partial charge in [0.1, 0.15) is 0 Å². The minimum absolute atomic E-state index is 0. The Hall–Kier alpha value is -1.85. The van der Waals surface area contributed by atoms with Crippen LogP contribution in [0.2, 0.25) is 0 Å². The van der Waals surface area contributed by atoms with Gasteiger partial charge in [-0.3, -0.25) is 4.99 Å². The van der Waals surface area contributed by atoms with Crippen LogP contribution in [0.5, 0.6) is 11.5 Å². The van der Waals surface area contributed by atoms with Gasteiger partial charge in [-0.2, -0.15) is 0 Å². The highest BCUT2D eigenvalue weighted by molar-refractivity contribution is 14.0. The molecule has 6 nitrogen and oxygen atoms in total. The monoisotopic (exact) mass is 544 g/mol. The molecule has 0 saturated carbocycles. The lowest BCUT2D eigenvalue weighted by atomic mass is 10.2. The van der Waals surface area contributed by atoms with Crippen LogP contribution in [0, 0.1) is 6.92 Å². The number of guanidine groups is 1. The van der Waals surface area contributed by atoms with Crippen molar-refractivity contribution in [3.05, 3.63) is 45.6 Å². The van der Waals surface area contributed by atoms with Crippen LogP contribution in [0.3, 0.4) is 0 Å². The SMILES string of the molecule is CN=C(NCCc1ccc(-c2csc(C)n2)s1)Nc1ccc(OC)c(OC)c1.I. The van der Waals surface area contributed by atoms with Crippen LogP contribution in [0.25, 0.3) is 10.6 Å². The van der Waals surface area contributed by atoms with Crippen molar-refractivity contribution >= 4 is 58.3 Å². The first-order valence-electron chi connectivity index (χ1n) is 8.84. The number of thiazole rings is 1. The lowest BCUT2D eigenvalue weighted by Gasteiger charge is -2.13. The fraction of sp³-hybridized carbons (Fsp3) is 0.300. The van der Waals surface area contributed by atoms with Gasteiger partial charge in [-0.15, -0.1) is 46.7 Å². The van der Waals surface area contributed by atoms with Gasteiger partial charge in [0.15, 0.2) is 17.5 Å². The van der Waals surface area contributed by atoms with Crippen LogP contribution in [0.1, 0.15) is 9.88 Å². The van der Waals surface area contributed by atoms with Crippen LogP contribution >= 0.6 is 46.7 Å². The molecule has 29 heavy (non-hydrogen) atoms. The second-order valence-electron chi connectivity index (χ2n) is 5.96. The van der Waals surface area contributed by atoms with Gasteiger partial charge in [-0.05, 0) is 37.6 Å². The molecule has 0 radical (unpaired) electrons. The van der Waals surface area contributed by atoms with E-state index in [9.17, 15) is 0 Å². The molecule has 2 aromatic heterocycles. The van der Waals surface area contributed by atoms with E-state index in [1.165, 1.54) is 9.75 Å². The van der Waals surface area contributed by atoms with E-state index in [2.05, 4.69) is 38.1 Å². The summed E-state index contributed by atoms with van der Waals surface area (Å²) in [5.41, 5.74) is 1.95. The third-order valence-corrected chi connectivity index (χ3v) is 6.01. The lowest BCUT2D eigenvalue weighted by molar-refractivity contribution is 0.355. The van der Waals surface area contributed by atoms with E-state index in [1.54, 1.807) is 43.9 Å². The maximum atomic E-state index is 5.34. The first kappa shape index (κ1) is 23.4. The highest BCUT2D eigenvalue weighted by Crippen LogP contribution is 2.30. The second kappa shape index (κ2) is 11.4. The average molecular weight is 544 g/mol. The van der Waals surface area contributed by atoms with E-state index in [1.807, 2.05) is 25.1 Å². The summed E-state index contributed by atoms with van der Waals surface area (Å²) >= 11 is 3.47. The Morgan fingerprint density at radius 2 is 1.93 bits per heavy atom. The van der Waals surface area contributed by atoms with Crippen molar-refractivity contribution in [2.45, 2.75) is 13.3 Å². The average Bonchev–Trinajstić information content (AvgIpc) is 3.36. The predicted octanol–water partition coefficient (Wildman–Crippen LogP) is 5.05. The minimum Gasteiger partial charge on any atom is -0.493 e. The fourth-order valence-corrected chi connectivity index (χ4v) is 4.32. The molecule has 0 aliphatic heterocycles. The van der Waals surface area contributed by atoms with Gasteiger partial charge in [0.25, 0.3) is 0 Å². The molecule has 0 aliphatic carbocycles. The van der Waals surface area contributed by atoms with E-state index >= 15 is 0 Å². The largest absolute Gasteiger partial charge is 0.493 e. The normalized spacial score (nSPS) is 11.0. The van der Waals surface area contributed by atoms with Crippen molar-refractivity contribution in [2.75, 3.05) is 33.1 Å². The van der Waals surface area contributed by atoms with Gasteiger partial charge in [-0.1, -0.05) is 0 Å². The van der Waals surface area contributed by atoms with Crippen molar-refractivity contribution in [3.63, 3.8) is 0 Å². The minimum atomic E-state index is 0. The number of nitrogens with one attached hydrogen (secondary N) is 2. The first-order chi connectivity index (χ1) is 13.6. The van der Waals surface area contributed by atoms with Crippen molar-refractivity contribution in [1.82, 2.24) is 10.3 Å². The quantitative estimate of drug-likeness (QED) is 0.248. The number of ether oxygens (including phenoxy) is 2. The maximum absolute atomic E-state index is 5.34. The number of hydrogen-bond acceptors (Lipinski definition) is 6. The number of methoxy groups -OCH3 is 2. The fourth-order valence-electron chi connectivity index (χ4n) is 2.66. The summed E-state index contributed by atoms with van der Waals surface area (Å²) in [6.07, 6.45) is 0.917. The molecule has 0 aliphatic rings. The molecular formula is C20H25IN4O2S2. The summed E-state index contributed by atoms with van der Waals surface area (Å²) in [7, 11) is 5.00. The Balaban J connectivity index is 0.00000300. The van der Waals surface area contributed by atoms with Crippen molar-refractivity contribution < 1.29 is 9.47 Å². The molecule has 9 heteroatoms. The van der Waals surface area contributed by atoms with E-state index in [0.29, 0.717) is 17.5 Å². The zero-order valence-electron chi connectivity index (χ0n) is 16.8. The summed E-state index contributed by atoms with van der Waals surface area (Å²) < 4.78 is 10.6. The maximum Gasteiger partial charge on any atom is 0.195 e. The molecule has 0 atom stereocenters. The topological polar surface area (TPSA) is 67.8 Å². The molecule has 0 unspecified atom stereocenters. The summed E-state index contributed by atoms with van der Waals surface area (Å²) in [5, 5.41) is 9.82. The number of aliphatic imine (C=N–C) groups is 1. The second-order valence-corrected chi connectivity index (χ2v) is 8.19. The Morgan fingerprint density at radius 3 is 2.59 bits per heavy atom. The number of benzene rings is 1. The molecule has 0 fully saturated rings. The molecule has 0 spiro atoms. The Kier molecular flexibility index (Phi) is 9.18. The van der Waals surface area contributed by atoms with Crippen LogP contribution < -0.4 is 20.1 Å². The molecule has 3 aromatic rings. The van der Waals surface area contributed by atoms with Crippen LogP contribution in [-0.2, 0) is 6.42 Å². The summed E-state index contributed by atoms with van der Waals surface area (Å²) in [5.74, 6) is 2.07. The molecule has 0 saturated heterocycles. The van der Waals surface area contributed by atoms with Gasteiger partial charge in [0, 0.05) is 35.6 Å². The first-order valence-corrected chi connectivity index (χ1v) is 10.5. The number of nitrogens with zero attached hydrogens (tertiary/aromatic N) is 2. The van der Waals surface area contributed by atoms with Gasteiger partial charge >= 0.3 is 0 Å². The zero-order chi connectivity index (χ0) is 19.9. The smallest absolute Gasteiger partial charge is 0.195 e. The molecular weight excluding hydrogens is 519 g/mol. The van der Waals surface area contributed by atoms with Gasteiger partial charge in [0.05, 0.1) is 29.8 Å². The van der Waals surface area contributed by atoms with Gasteiger partial charge in [-0.25, -0.2) is 4.98 Å². The van der Waals surface area contributed by atoms with E-state index in [4.69, 9.17) is 9.47 Å². The van der Waals surface area contributed by atoms with Crippen LogP contribution in [0.15, 0.2) is 40.7 Å². The predicted molar refractivity (Wildman–Crippen MR) is 134 cm³/mol. The number of rotatable bonds is 7. The summed E-state index contributed by atoms with van der Waals surface area (Å²) in [6, 6.07) is 9.98. The molecule has 0 amide bonds. The molecule has 1 aromatic carbocycles. The van der Waals surface area contributed by atoms with Crippen LogP contribution in [-0.4, -0.2) is 38.8 Å². The van der Waals surface area contributed by atoms with E-state index in [0.717, 1.165) is 29.4 Å². The number of halogens is 1. The third-order valence-electron chi connectivity index (χ3n) is 4.07. The Bertz CT molecular complexity index is 956. The number of thiophene rings is 1. The highest BCUT2D eigenvalue weighted by atomic mass is 127. The van der Waals surface area contributed by atoms with Gasteiger partial charge in [0.2, 0.25) is 0 Å². The lowest BCUT2D eigenvalue weighted by Crippen LogP contribution is -2.32. The number of aromatic nitrogens is 1. The van der Waals surface area contributed by atoms with Gasteiger partial charge < -0.3 is 20.1 Å². The molecule has 156 valence electrons. The Morgan fingerprint density at radius 1 is 1.14 bits per heavy atom. The number of anilines is 1. The van der Waals surface area contributed by atoms with E-state index < -0.39 is 0 Å². The van der Waals surface area contributed by atoms with Crippen molar-refractivity contribution in [2.24, 2.45) is 4.99 Å². The standard InChI is InChI=1S/C20H24N4O2S2.HI/c1-13-23-16(12-27-13)19-8-6-15(28-19)9-10-22-20(21-2)24-14-5-7-17(25-3)18(11-14)26-4;/h5-8,11-12H,9-10H2,1-4H3,(H2,21,22,24);1H. The molecule has 0 bridgehead atoms. The number of hydrogen-bond donors (Lipinski definition) is 2. The van der Waals surface area contributed by atoms with Crippen molar-refractivity contribution in [1.29, 1.82) is 0 Å². The molecule has 3 rings (SSSR count).